The average Bonchev–Trinajstić information content (AvgIpc) is 3.04. The molecule has 1 saturated heterocycles. The van der Waals surface area contributed by atoms with Crippen molar-refractivity contribution in [2.45, 2.75) is 45.2 Å². The van der Waals surface area contributed by atoms with E-state index in [1.807, 2.05) is 13.8 Å². The maximum Gasteiger partial charge on any atom is 0.318 e. The Kier molecular flexibility index (Phi) is 4.36. The molecular formula is C12H20N4O3. The molecule has 7 nitrogen and oxygen atoms in total. The SMILES string of the molecule is CC(C)c1noc(CNC(=O)N2CCC[C@H]2CO)n1. The van der Waals surface area contributed by atoms with Crippen molar-refractivity contribution < 1.29 is 14.4 Å². The molecule has 106 valence electrons. The largest absolute Gasteiger partial charge is 0.394 e. The van der Waals surface area contributed by atoms with Crippen LogP contribution in [0.1, 0.15) is 44.3 Å². The Bertz CT molecular complexity index is 432. The second-order valence-corrected chi connectivity index (χ2v) is 5.03. The fourth-order valence-electron chi connectivity index (χ4n) is 2.12. The number of aliphatic hydroxyl groups is 1. The highest BCUT2D eigenvalue weighted by Gasteiger charge is 2.28. The molecule has 2 N–H and O–H groups in total. The first-order valence-electron chi connectivity index (χ1n) is 6.59. The molecule has 1 aromatic heterocycles. The van der Waals surface area contributed by atoms with Gasteiger partial charge in [0, 0.05) is 12.5 Å². The third-order valence-corrected chi connectivity index (χ3v) is 3.24. The molecule has 0 aliphatic carbocycles. The van der Waals surface area contributed by atoms with Crippen molar-refractivity contribution in [3.8, 4) is 0 Å². The third kappa shape index (κ3) is 3.23. The molecule has 0 aromatic carbocycles. The van der Waals surface area contributed by atoms with Crippen LogP contribution in [0.5, 0.6) is 0 Å². The molecular weight excluding hydrogens is 248 g/mol. The van der Waals surface area contributed by atoms with Crippen LogP contribution in [0.25, 0.3) is 0 Å². The highest BCUT2D eigenvalue weighted by molar-refractivity contribution is 5.74. The van der Waals surface area contributed by atoms with Crippen molar-refractivity contribution in [3.05, 3.63) is 11.7 Å². The number of urea groups is 1. The summed E-state index contributed by atoms with van der Waals surface area (Å²) in [6.07, 6.45) is 1.78. The number of nitrogens with one attached hydrogen (secondary N) is 1. The molecule has 1 aliphatic heterocycles. The van der Waals surface area contributed by atoms with Gasteiger partial charge >= 0.3 is 6.03 Å². The van der Waals surface area contributed by atoms with E-state index in [-0.39, 0.29) is 31.1 Å². The number of aliphatic hydroxyl groups excluding tert-OH is 1. The van der Waals surface area contributed by atoms with E-state index in [0.717, 1.165) is 12.8 Å². The van der Waals surface area contributed by atoms with Crippen molar-refractivity contribution in [1.29, 1.82) is 0 Å². The average molecular weight is 268 g/mol. The molecule has 2 amide bonds. The fourth-order valence-corrected chi connectivity index (χ4v) is 2.12. The number of hydrogen-bond donors (Lipinski definition) is 2. The minimum atomic E-state index is -0.194. The van der Waals surface area contributed by atoms with Crippen molar-refractivity contribution in [2.24, 2.45) is 0 Å². The molecule has 1 aromatic rings. The quantitative estimate of drug-likeness (QED) is 0.845. The summed E-state index contributed by atoms with van der Waals surface area (Å²) in [5.41, 5.74) is 0. The number of amides is 2. The Hall–Kier alpha value is -1.63. The van der Waals surface area contributed by atoms with E-state index in [4.69, 9.17) is 4.52 Å². The van der Waals surface area contributed by atoms with Gasteiger partial charge in [0.2, 0.25) is 5.89 Å². The lowest BCUT2D eigenvalue weighted by Crippen LogP contribution is -2.43. The Labute approximate surface area is 112 Å². The van der Waals surface area contributed by atoms with E-state index < -0.39 is 0 Å². The summed E-state index contributed by atoms with van der Waals surface area (Å²) in [6, 6.07) is -0.269. The molecule has 0 spiro atoms. The number of carbonyl (C=O) groups is 1. The number of hydrogen-bond acceptors (Lipinski definition) is 5. The van der Waals surface area contributed by atoms with Gasteiger partial charge in [0.05, 0.1) is 19.2 Å². The first-order valence-corrected chi connectivity index (χ1v) is 6.59. The first kappa shape index (κ1) is 13.8. The lowest BCUT2D eigenvalue weighted by molar-refractivity contribution is 0.156. The zero-order chi connectivity index (χ0) is 13.8. The highest BCUT2D eigenvalue weighted by Crippen LogP contribution is 2.16. The molecule has 0 saturated carbocycles. The van der Waals surface area contributed by atoms with Gasteiger partial charge in [0.1, 0.15) is 0 Å². The summed E-state index contributed by atoms with van der Waals surface area (Å²) >= 11 is 0. The zero-order valence-electron chi connectivity index (χ0n) is 11.3. The molecule has 1 atom stereocenters. The monoisotopic (exact) mass is 268 g/mol. The van der Waals surface area contributed by atoms with Crippen LogP contribution in [0.2, 0.25) is 0 Å². The van der Waals surface area contributed by atoms with Crippen LogP contribution in [0, 0.1) is 0 Å². The van der Waals surface area contributed by atoms with Crippen molar-refractivity contribution in [3.63, 3.8) is 0 Å². The van der Waals surface area contributed by atoms with Gasteiger partial charge < -0.3 is 19.8 Å². The van der Waals surface area contributed by atoms with Crippen LogP contribution in [-0.2, 0) is 6.54 Å². The number of nitrogens with zero attached hydrogens (tertiary/aromatic N) is 3. The van der Waals surface area contributed by atoms with Gasteiger partial charge in [-0.1, -0.05) is 19.0 Å². The van der Waals surface area contributed by atoms with Gasteiger partial charge in [-0.15, -0.1) is 0 Å². The van der Waals surface area contributed by atoms with Crippen LogP contribution >= 0.6 is 0 Å². The Morgan fingerprint density at radius 1 is 1.63 bits per heavy atom. The van der Waals surface area contributed by atoms with Crippen LogP contribution in [0.4, 0.5) is 4.79 Å². The maximum atomic E-state index is 11.9. The molecule has 19 heavy (non-hydrogen) atoms. The zero-order valence-corrected chi connectivity index (χ0v) is 11.3. The summed E-state index contributed by atoms with van der Waals surface area (Å²) in [6.45, 7) is 4.85. The predicted molar refractivity (Wildman–Crippen MR) is 67.4 cm³/mol. The second-order valence-electron chi connectivity index (χ2n) is 5.03. The van der Waals surface area contributed by atoms with E-state index in [1.165, 1.54) is 0 Å². The summed E-state index contributed by atoms with van der Waals surface area (Å²) in [7, 11) is 0. The normalized spacial score (nSPS) is 19.2. The van der Waals surface area contributed by atoms with E-state index >= 15 is 0 Å². The van der Waals surface area contributed by atoms with E-state index in [0.29, 0.717) is 18.3 Å². The summed E-state index contributed by atoms with van der Waals surface area (Å²) in [5, 5.41) is 15.7. The Balaban J connectivity index is 1.85. The number of aromatic nitrogens is 2. The summed E-state index contributed by atoms with van der Waals surface area (Å²) in [5.74, 6) is 1.24. The molecule has 1 fully saturated rings. The lowest BCUT2D eigenvalue weighted by Gasteiger charge is -2.22. The van der Waals surface area contributed by atoms with Crippen molar-refractivity contribution >= 4 is 6.03 Å². The lowest BCUT2D eigenvalue weighted by atomic mass is 10.2. The van der Waals surface area contributed by atoms with Gasteiger partial charge in [0.15, 0.2) is 5.82 Å². The van der Waals surface area contributed by atoms with Gasteiger partial charge in [-0.25, -0.2) is 4.79 Å². The molecule has 0 unspecified atom stereocenters. The minimum absolute atomic E-state index is 0.00543. The molecule has 2 rings (SSSR count). The van der Waals surface area contributed by atoms with Crippen LogP contribution in [-0.4, -0.2) is 45.4 Å². The van der Waals surface area contributed by atoms with E-state index in [9.17, 15) is 9.90 Å². The summed E-state index contributed by atoms with van der Waals surface area (Å²) < 4.78 is 5.05. The molecule has 0 radical (unpaired) electrons. The van der Waals surface area contributed by atoms with Crippen LogP contribution in [0.3, 0.4) is 0 Å². The predicted octanol–water partition coefficient (Wildman–Crippen LogP) is 0.859. The number of carbonyl (C=O) groups excluding carboxylic acids is 1. The Morgan fingerprint density at radius 3 is 3.05 bits per heavy atom. The smallest absolute Gasteiger partial charge is 0.318 e. The van der Waals surface area contributed by atoms with Gasteiger partial charge in [-0.05, 0) is 12.8 Å². The van der Waals surface area contributed by atoms with Crippen molar-refractivity contribution in [1.82, 2.24) is 20.4 Å². The van der Waals surface area contributed by atoms with Crippen molar-refractivity contribution in [2.75, 3.05) is 13.2 Å². The van der Waals surface area contributed by atoms with Crippen LogP contribution in [0.15, 0.2) is 4.52 Å². The van der Waals surface area contributed by atoms with Gasteiger partial charge in [-0.2, -0.15) is 4.98 Å². The second kappa shape index (κ2) is 6.01. The standard InChI is InChI=1S/C12H20N4O3/c1-8(2)11-14-10(19-15-11)6-13-12(18)16-5-3-4-9(16)7-17/h8-9,17H,3-7H2,1-2H3,(H,13,18)/t9-/m0/s1. The summed E-state index contributed by atoms with van der Waals surface area (Å²) in [4.78, 5) is 17.8. The highest BCUT2D eigenvalue weighted by atomic mass is 16.5. The first-order chi connectivity index (χ1) is 9.11. The van der Waals surface area contributed by atoms with Crippen LogP contribution < -0.4 is 5.32 Å². The molecule has 0 bridgehead atoms. The fraction of sp³-hybridized carbons (Fsp3) is 0.750. The maximum absolute atomic E-state index is 11.9. The van der Waals surface area contributed by atoms with Gasteiger partial charge in [0.25, 0.3) is 0 Å². The van der Waals surface area contributed by atoms with E-state index in [1.54, 1.807) is 4.90 Å². The van der Waals surface area contributed by atoms with E-state index in [2.05, 4.69) is 15.5 Å². The van der Waals surface area contributed by atoms with Gasteiger partial charge in [-0.3, -0.25) is 0 Å². The third-order valence-electron chi connectivity index (χ3n) is 3.24. The molecule has 2 heterocycles. The minimum Gasteiger partial charge on any atom is -0.394 e. The number of rotatable bonds is 4. The molecule has 1 aliphatic rings. The Morgan fingerprint density at radius 2 is 2.42 bits per heavy atom. The topological polar surface area (TPSA) is 91.5 Å². The molecule has 7 heteroatoms. The number of likely N-dealkylation sites (tertiary alicyclic amines) is 1.